The van der Waals surface area contributed by atoms with Crippen LogP contribution >= 0.6 is 46.6 Å². The third kappa shape index (κ3) is 4.65. The van der Waals surface area contributed by atoms with Gasteiger partial charge in [0.15, 0.2) is 5.78 Å². The minimum absolute atomic E-state index is 0.0887. The first-order valence-electron chi connectivity index (χ1n) is 8.93. The van der Waals surface area contributed by atoms with E-state index >= 15 is 0 Å². The minimum Gasteiger partial charge on any atom is -0.330 e. The van der Waals surface area contributed by atoms with Crippen LogP contribution in [0.3, 0.4) is 0 Å². The summed E-state index contributed by atoms with van der Waals surface area (Å²) >= 11 is 19.3. The summed E-state index contributed by atoms with van der Waals surface area (Å²) in [4.78, 5) is 16.2. The van der Waals surface area contributed by atoms with Gasteiger partial charge in [-0.2, -0.15) is 0 Å². The Bertz CT molecular complexity index is 1060. The van der Waals surface area contributed by atoms with Crippen LogP contribution in [0.5, 0.6) is 0 Å². The fourth-order valence-corrected chi connectivity index (χ4v) is 4.58. The molecule has 0 saturated carbocycles. The zero-order valence-corrected chi connectivity index (χ0v) is 18.3. The minimum atomic E-state index is -1.50. The summed E-state index contributed by atoms with van der Waals surface area (Å²) < 4.78 is -1.50. The van der Waals surface area contributed by atoms with Crippen molar-refractivity contribution in [2.45, 2.75) is 15.2 Å². The highest BCUT2D eigenvalue weighted by atomic mass is 35.6. The van der Waals surface area contributed by atoms with Crippen molar-refractivity contribution in [2.24, 2.45) is 0 Å². The molecule has 0 radical (unpaired) electrons. The van der Waals surface area contributed by atoms with E-state index in [0.29, 0.717) is 17.7 Å². The number of fused-ring (bicyclic) bond motifs is 1. The highest BCUT2D eigenvalue weighted by Crippen LogP contribution is 2.46. The Labute approximate surface area is 189 Å². The molecule has 1 heterocycles. The molecule has 0 bridgehead atoms. The fraction of sp³-hybridized carbons (Fsp3) is 0.0870. The Morgan fingerprint density at radius 3 is 2.24 bits per heavy atom. The Kier molecular flexibility index (Phi) is 5.93. The number of rotatable bonds is 4. The van der Waals surface area contributed by atoms with Gasteiger partial charge in [0, 0.05) is 28.6 Å². The first kappa shape index (κ1) is 20.4. The van der Waals surface area contributed by atoms with Gasteiger partial charge in [-0.05, 0) is 17.7 Å². The van der Waals surface area contributed by atoms with Gasteiger partial charge in [-0.1, -0.05) is 113 Å². The van der Waals surface area contributed by atoms with Gasteiger partial charge in [0.05, 0.1) is 10.7 Å². The molecule has 0 amide bonds. The van der Waals surface area contributed by atoms with Gasteiger partial charge in [-0.15, -0.1) is 0 Å². The smallest absolute Gasteiger partial charge is 0.216 e. The lowest BCUT2D eigenvalue weighted by Gasteiger charge is -2.20. The van der Waals surface area contributed by atoms with E-state index in [0.717, 1.165) is 15.6 Å². The van der Waals surface area contributed by atoms with E-state index in [-0.39, 0.29) is 5.78 Å². The van der Waals surface area contributed by atoms with Crippen LogP contribution < -0.4 is 4.90 Å². The predicted octanol–water partition coefficient (Wildman–Crippen LogP) is 7.35. The fourth-order valence-electron chi connectivity index (χ4n) is 3.11. The van der Waals surface area contributed by atoms with Crippen molar-refractivity contribution in [2.75, 3.05) is 4.90 Å². The molecule has 0 atom stereocenters. The Morgan fingerprint density at radius 1 is 0.897 bits per heavy atom. The maximum atomic E-state index is 12.9. The van der Waals surface area contributed by atoms with Gasteiger partial charge < -0.3 is 4.90 Å². The highest BCUT2D eigenvalue weighted by molar-refractivity contribution is 8.03. The number of ketones is 1. The lowest BCUT2D eigenvalue weighted by atomic mass is 10.1. The SMILES string of the molecule is O=C(/C=C1\Sc2ccccc2N1Cc1ccccc1)c1ccc(C(Cl)(Cl)Cl)cc1. The second kappa shape index (κ2) is 8.45. The summed E-state index contributed by atoms with van der Waals surface area (Å²) in [6, 6.07) is 25.1. The number of thioether (sulfide) groups is 1. The molecule has 3 aromatic rings. The molecule has 1 aliphatic rings. The van der Waals surface area contributed by atoms with E-state index in [1.807, 2.05) is 30.3 Å². The Hall–Kier alpha value is -1.91. The quantitative estimate of drug-likeness (QED) is 0.230. The number of para-hydroxylation sites is 1. The molecule has 0 spiro atoms. The van der Waals surface area contributed by atoms with Crippen molar-refractivity contribution < 1.29 is 4.79 Å². The number of carbonyl (C=O) groups is 1. The monoisotopic (exact) mass is 459 g/mol. The molecule has 2 nitrogen and oxygen atoms in total. The first-order valence-corrected chi connectivity index (χ1v) is 10.9. The molecule has 0 aliphatic carbocycles. The molecule has 6 heteroatoms. The number of anilines is 1. The zero-order valence-electron chi connectivity index (χ0n) is 15.2. The van der Waals surface area contributed by atoms with Crippen molar-refractivity contribution >= 4 is 58.0 Å². The topological polar surface area (TPSA) is 20.3 Å². The van der Waals surface area contributed by atoms with Gasteiger partial charge in [-0.3, -0.25) is 4.79 Å². The molecule has 4 rings (SSSR count). The van der Waals surface area contributed by atoms with Crippen molar-refractivity contribution in [3.63, 3.8) is 0 Å². The number of benzene rings is 3. The van der Waals surface area contributed by atoms with Gasteiger partial charge >= 0.3 is 0 Å². The normalized spacial score (nSPS) is 14.9. The molecule has 0 fully saturated rings. The second-order valence-electron chi connectivity index (χ2n) is 6.56. The molecule has 0 unspecified atom stereocenters. The molecule has 0 N–H and O–H groups in total. The molecule has 0 saturated heterocycles. The van der Waals surface area contributed by atoms with Crippen molar-refractivity contribution in [3.05, 3.63) is 107 Å². The lowest BCUT2D eigenvalue weighted by molar-refractivity contribution is 0.104. The van der Waals surface area contributed by atoms with E-state index in [1.54, 1.807) is 42.1 Å². The van der Waals surface area contributed by atoms with E-state index < -0.39 is 3.79 Å². The van der Waals surface area contributed by atoms with Crippen molar-refractivity contribution in [1.29, 1.82) is 0 Å². The number of carbonyl (C=O) groups excluding carboxylic acids is 1. The van der Waals surface area contributed by atoms with Gasteiger partial charge in [0.25, 0.3) is 0 Å². The van der Waals surface area contributed by atoms with Crippen LogP contribution in [0.1, 0.15) is 21.5 Å². The number of hydrogen-bond donors (Lipinski definition) is 0. The van der Waals surface area contributed by atoms with E-state index in [1.165, 1.54) is 5.56 Å². The van der Waals surface area contributed by atoms with Crippen LogP contribution in [-0.2, 0) is 10.3 Å². The van der Waals surface area contributed by atoms with Crippen LogP contribution in [0.25, 0.3) is 0 Å². The third-order valence-corrected chi connectivity index (χ3v) is 6.34. The molecular formula is C23H16Cl3NOS. The number of nitrogens with zero attached hydrogens (tertiary/aromatic N) is 1. The molecule has 1 aliphatic heterocycles. The molecule has 29 heavy (non-hydrogen) atoms. The van der Waals surface area contributed by atoms with Crippen LogP contribution in [0.4, 0.5) is 5.69 Å². The van der Waals surface area contributed by atoms with Gasteiger partial charge in [0.1, 0.15) is 0 Å². The average molecular weight is 461 g/mol. The number of hydrogen-bond acceptors (Lipinski definition) is 3. The highest BCUT2D eigenvalue weighted by Gasteiger charge is 2.26. The number of halogens is 3. The molecule has 0 aromatic heterocycles. The lowest BCUT2D eigenvalue weighted by Crippen LogP contribution is -2.18. The summed E-state index contributed by atoms with van der Waals surface area (Å²) in [5.74, 6) is -0.0887. The molecule has 3 aromatic carbocycles. The second-order valence-corrected chi connectivity index (χ2v) is 9.91. The summed E-state index contributed by atoms with van der Waals surface area (Å²) in [6.07, 6.45) is 1.68. The standard InChI is InChI=1S/C23H16Cl3NOS/c24-23(25,26)18-12-10-17(11-13-18)20(28)14-22-27(15-16-6-2-1-3-7-16)19-8-4-5-9-21(19)29-22/h1-14H,15H2/b22-14-. The van der Waals surface area contributed by atoms with Crippen LogP contribution in [0.15, 0.2) is 94.9 Å². The Balaban J connectivity index is 1.63. The predicted molar refractivity (Wildman–Crippen MR) is 123 cm³/mol. The molecule has 146 valence electrons. The van der Waals surface area contributed by atoms with Crippen LogP contribution in [0, 0.1) is 0 Å². The van der Waals surface area contributed by atoms with E-state index in [2.05, 4.69) is 29.2 Å². The van der Waals surface area contributed by atoms with E-state index in [9.17, 15) is 4.79 Å². The van der Waals surface area contributed by atoms with E-state index in [4.69, 9.17) is 34.8 Å². The summed E-state index contributed by atoms with van der Waals surface area (Å²) in [5, 5.41) is 0.894. The number of alkyl halides is 3. The van der Waals surface area contributed by atoms with Crippen LogP contribution in [-0.4, -0.2) is 5.78 Å². The van der Waals surface area contributed by atoms with Crippen molar-refractivity contribution in [1.82, 2.24) is 0 Å². The average Bonchev–Trinajstić information content (AvgIpc) is 3.05. The maximum absolute atomic E-state index is 12.9. The van der Waals surface area contributed by atoms with Crippen molar-refractivity contribution in [3.8, 4) is 0 Å². The number of allylic oxidation sites excluding steroid dienone is 1. The van der Waals surface area contributed by atoms with Gasteiger partial charge in [-0.25, -0.2) is 0 Å². The molecular weight excluding hydrogens is 445 g/mol. The summed E-state index contributed by atoms with van der Waals surface area (Å²) in [5.41, 5.74) is 3.36. The van der Waals surface area contributed by atoms with Crippen LogP contribution in [0.2, 0.25) is 0 Å². The zero-order chi connectivity index (χ0) is 20.4. The third-order valence-electron chi connectivity index (χ3n) is 4.57. The van der Waals surface area contributed by atoms with Gasteiger partial charge in [0.2, 0.25) is 3.79 Å². The largest absolute Gasteiger partial charge is 0.330 e. The first-order chi connectivity index (χ1) is 13.9. The maximum Gasteiger partial charge on any atom is 0.216 e. The summed E-state index contributed by atoms with van der Waals surface area (Å²) in [6.45, 7) is 0.691. The Morgan fingerprint density at radius 2 is 1.55 bits per heavy atom. The summed E-state index contributed by atoms with van der Waals surface area (Å²) in [7, 11) is 0.